The number of fused-ring (bicyclic) bond motifs is 2. The molecule has 0 bridgehead atoms. The molecule has 1 amide bonds. The van der Waals surface area contributed by atoms with Crippen molar-refractivity contribution in [1.82, 2.24) is 9.97 Å². The first-order valence-corrected chi connectivity index (χ1v) is 10.6. The molecule has 0 atom stereocenters. The molecule has 1 aliphatic carbocycles. The number of carbonyl (C=O) groups excluding carboxylic acids is 1. The number of rotatable bonds is 4. The lowest BCUT2D eigenvalue weighted by Crippen LogP contribution is -2.14. The summed E-state index contributed by atoms with van der Waals surface area (Å²) in [5, 5.41) is 3.95. The zero-order chi connectivity index (χ0) is 19.8. The van der Waals surface area contributed by atoms with Crippen molar-refractivity contribution in [3.8, 4) is 11.4 Å². The molecular weight excluding hydrogens is 385 g/mol. The second kappa shape index (κ2) is 7.44. The summed E-state index contributed by atoms with van der Waals surface area (Å²) in [5.74, 6) is 0.405. The molecule has 0 fully saturated rings. The van der Waals surface area contributed by atoms with Gasteiger partial charge in [0.2, 0.25) is 5.91 Å². The highest BCUT2D eigenvalue weighted by molar-refractivity contribution is 7.17. The van der Waals surface area contributed by atoms with Crippen molar-refractivity contribution >= 4 is 33.3 Å². The Bertz CT molecular complexity index is 1160. The molecule has 1 aliphatic rings. The summed E-state index contributed by atoms with van der Waals surface area (Å²) < 4.78 is 13.1. The van der Waals surface area contributed by atoms with Crippen LogP contribution < -0.4 is 5.32 Å². The molecular formula is C23H20FN3OS. The van der Waals surface area contributed by atoms with Crippen molar-refractivity contribution < 1.29 is 9.18 Å². The van der Waals surface area contributed by atoms with Gasteiger partial charge in [-0.1, -0.05) is 24.3 Å². The minimum atomic E-state index is -0.299. The highest BCUT2D eigenvalue weighted by Crippen LogP contribution is 2.43. The van der Waals surface area contributed by atoms with E-state index in [-0.39, 0.29) is 18.1 Å². The molecule has 2 N–H and O–H groups in total. The first-order chi connectivity index (χ1) is 14.2. The smallest absolute Gasteiger partial charge is 0.229 e. The Morgan fingerprint density at radius 3 is 2.72 bits per heavy atom. The Balaban J connectivity index is 1.50. The van der Waals surface area contributed by atoms with E-state index in [2.05, 4.69) is 10.3 Å². The van der Waals surface area contributed by atoms with E-state index >= 15 is 0 Å². The van der Waals surface area contributed by atoms with Crippen molar-refractivity contribution in [2.45, 2.75) is 32.1 Å². The monoisotopic (exact) mass is 405 g/mol. The van der Waals surface area contributed by atoms with Crippen LogP contribution in [-0.4, -0.2) is 15.9 Å². The number of amides is 1. The Labute approximate surface area is 171 Å². The van der Waals surface area contributed by atoms with E-state index in [1.807, 2.05) is 24.3 Å². The molecule has 2 aromatic heterocycles. The van der Waals surface area contributed by atoms with Gasteiger partial charge in [0.05, 0.1) is 23.0 Å². The number of thiophene rings is 1. The fourth-order valence-corrected chi connectivity index (χ4v) is 5.24. The molecule has 0 unspecified atom stereocenters. The predicted octanol–water partition coefficient (Wildman–Crippen LogP) is 5.49. The third-order valence-electron chi connectivity index (χ3n) is 5.33. The zero-order valence-electron chi connectivity index (χ0n) is 15.8. The second-order valence-electron chi connectivity index (χ2n) is 7.37. The Hall–Kier alpha value is -2.99. The van der Waals surface area contributed by atoms with Gasteiger partial charge >= 0.3 is 0 Å². The number of aryl methyl sites for hydroxylation is 1. The molecule has 0 radical (unpaired) electrons. The molecule has 4 nitrogen and oxygen atoms in total. The van der Waals surface area contributed by atoms with Gasteiger partial charge in [-0.3, -0.25) is 4.79 Å². The molecule has 6 heteroatoms. The number of nitrogens with one attached hydrogen (secondary N) is 2. The third kappa shape index (κ3) is 3.56. The molecule has 4 aromatic rings. The van der Waals surface area contributed by atoms with Gasteiger partial charge in [-0.2, -0.15) is 0 Å². The topological polar surface area (TPSA) is 57.8 Å². The van der Waals surface area contributed by atoms with Crippen LogP contribution in [0.25, 0.3) is 22.4 Å². The number of hydrogen-bond acceptors (Lipinski definition) is 3. The van der Waals surface area contributed by atoms with Crippen LogP contribution in [0.3, 0.4) is 0 Å². The van der Waals surface area contributed by atoms with Crippen molar-refractivity contribution in [2.75, 3.05) is 5.32 Å². The Kier molecular flexibility index (Phi) is 4.64. The number of imidazole rings is 1. The average Bonchev–Trinajstić information content (AvgIpc) is 3.30. The number of benzene rings is 2. The number of halogens is 1. The highest BCUT2D eigenvalue weighted by Gasteiger charge is 2.25. The van der Waals surface area contributed by atoms with Crippen molar-refractivity contribution in [3.05, 3.63) is 70.4 Å². The summed E-state index contributed by atoms with van der Waals surface area (Å²) in [5.41, 5.74) is 5.02. The SMILES string of the molecule is O=C(Cc1ccc(F)cc1)Nc1sc2c(c1-c1nc3ccccc3[nH]1)CCCC2. The van der Waals surface area contributed by atoms with E-state index < -0.39 is 0 Å². The van der Waals surface area contributed by atoms with Crippen LogP contribution in [-0.2, 0) is 24.1 Å². The molecule has 0 aliphatic heterocycles. The maximum Gasteiger partial charge on any atom is 0.229 e. The number of H-pyrrole nitrogens is 1. The van der Waals surface area contributed by atoms with Gasteiger partial charge in [-0.15, -0.1) is 11.3 Å². The Morgan fingerprint density at radius 2 is 1.90 bits per heavy atom. The van der Waals surface area contributed by atoms with Crippen LogP contribution in [0.4, 0.5) is 9.39 Å². The van der Waals surface area contributed by atoms with Gasteiger partial charge in [0.25, 0.3) is 0 Å². The van der Waals surface area contributed by atoms with Gasteiger partial charge in [0.1, 0.15) is 16.6 Å². The zero-order valence-corrected chi connectivity index (χ0v) is 16.6. The summed E-state index contributed by atoms with van der Waals surface area (Å²) >= 11 is 1.66. The summed E-state index contributed by atoms with van der Waals surface area (Å²) in [7, 11) is 0. The maximum absolute atomic E-state index is 13.1. The fourth-order valence-electron chi connectivity index (χ4n) is 3.93. The molecule has 2 aromatic carbocycles. The number of aromatic amines is 1. The summed E-state index contributed by atoms with van der Waals surface area (Å²) in [4.78, 5) is 22.2. The van der Waals surface area contributed by atoms with Gasteiger partial charge in [-0.25, -0.2) is 9.37 Å². The summed E-state index contributed by atoms with van der Waals surface area (Å²) in [6, 6.07) is 14.0. The number of carbonyl (C=O) groups is 1. The van der Waals surface area contributed by atoms with E-state index in [9.17, 15) is 9.18 Å². The van der Waals surface area contributed by atoms with Crippen molar-refractivity contribution in [3.63, 3.8) is 0 Å². The van der Waals surface area contributed by atoms with E-state index in [0.717, 1.165) is 52.2 Å². The molecule has 2 heterocycles. The van der Waals surface area contributed by atoms with Crippen LogP contribution in [0.5, 0.6) is 0 Å². The second-order valence-corrected chi connectivity index (χ2v) is 8.47. The van der Waals surface area contributed by atoms with E-state index in [1.165, 1.54) is 29.0 Å². The molecule has 0 saturated carbocycles. The Morgan fingerprint density at radius 1 is 1.10 bits per heavy atom. The standard InChI is InChI=1S/C23H20FN3OS/c24-15-11-9-14(10-12-15)13-20(28)27-23-21(16-5-1-4-8-19(16)29-23)22-25-17-6-2-3-7-18(17)26-22/h2-3,6-7,9-12H,1,4-5,8,13H2,(H,25,26)(H,27,28). The van der Waals surface area contributed by atoms with Crippen LogP contribution in [0.2, 0.25) is 0 Å². The van der Waals surface area contributed by atoms with Gasteiger partial charge < -0.3 is 10.3 Å². The van der Waals surface area contributed by atoms with Crippen LogP contribution in [0.1, 0.15) is 28.8 Å². The average molecular weight is 405 g/mol. The largest absolute Gasteiger partial charge is 0.338 e. The fraction of sp³-hybridized carbons (Fsp3) is 0.217. The minimum absolute atomic E-state index is 0.104. The minimum Gasteiger partial charge on any atom is -0.338 e. The third-order valence-corrected chi connectivity index (χ3v) is 6.54. The van der Waals surface area contributed by atoms with Crippen LogP contribution in [0.15, 0.2) is 48.5 Å². The van der Waals surface area contributed by atoms with Gasteiger partial charge in [-0.05, 0) is 61.1 Å². The molecule has 0 saturated heterocycles. The number of hydrogen-bond donors (Lipinski definition) is 2. The predicted molar refractivity (Wildman–Crippen MR) is 115 cm³/mol. The molecule has 5 rings (SSSR count). The lowest BCUT2D eigenvalue weighted by Gasteiger charge is -2.12. The van der Waals surface area contributed by atoms with Crippen LogP contribution >= 0.6 is 11.3 Å². The number of anilines is 1. The number of para-hydroxylation sites is 2. The number of nitrogens with zero attached hydrogens (tertiary/aromatic N) is 1. The quantitative estimate of drug-likeness (QED) is 0.472. The normalized spacial score (nSPS) is 13.4. The van der Waals surface area contributed by atoms with Crippen molar-refractivity contribution in [2.24, 2.45) is 0 Å². The lowest BCUT2D eigenvalue weighted by molar-refractivity contribution is -0.115. The first-order valence-electron chi connectivity index (χ1n) is 9.81. The molecule has 29 heavy (non-hydrogen) atoms. The van der Waals surface area contributed by atoms with Gasteiger partial charge in [0, 0.05) is 4.88 Å². The van der Waals surface area contributed by atoms with Crippen LogP contribution in [0, 0.1) is 5.82 Å². The van der Waals surface area contributed by atoms with Crippen molar-refractivity contribution in [1.29, 1.82) is 0 Å². The summed E-state index contributed by atoms with van der Waals surface area (Å²) in [6.45, 7) is 0. The molecule has 146 valence electrons. The summed E-state index contributed by atoms with van der Waals surface area (Å²) in [6.07, 6.45) is 4.59. The van der Waals surface area contributed by atoms with E-state index in [1.54, 1.807) is 23.5 Å². The van der Waals surface area contributed by atoms with Gasteiger partial charge in [0.15, 0.2) is 0 Å². The maximum atomic E-state index is 13.1. The number of aromatic nitrogens is 2. The molecule has 0 spiro atoms. The lowest BCUT2D eigenvalue weighted by atomic mass is 9.95. The van der Waals surface area contributed by atoms with E-state index in [0.29, 0.717) is 0 Å². The highest BCUT2D eigenvalue weighted by atomic mass is 32.1. The van der Waals surface area contributed by atoms with E-state index in [4.69, 9.17) is 4.98 Å². The first kappa shape index (κ1) is 18.1.